The van der Waals surface area contributed by atoms with Crippen LogP contribution < -0.4 is 0 Å². The monoisotopic (exact) mass is 412 g/mol. The van der Waals surface area contributed by atoms with Gasteiger partial charge in [0.1, 0.15) is 0 Å². The molecule has 0 saturated carbocycles. The summed E-state index contributed by atoms with van der Waals surface area (Å²) in [5.41, 5.74) is 0. The average molecular weight is 413 g/mol. The van der Waals surface area contributed by atoms with Gasteiger partial charge in [0.2, 0.25) is 0 Å². The Hall–Kier alpha value is -1.46. The van der Waals surface area contributed by atoms with E-state index in [1.165, 1.54) is 57.8 Å². The molecule has 0 bridgehead atoms. The summed E-state index contributed by atoms with van der Waals surface area (Å²) < 4.78 is 21.3. The molecule has 0 aromatic heterocycles. The predicted octanol–water partition coefficient (Wildman–Crippen LogP) is 5.89. The maximum absolute atomic E-state index is 5.42. The first-order chi connectivity index (χ1) is 14.4. The number of nitrogens with zero attached hydrogens (tertiary/aromatic N) is 2. The normalized spacial score (nSPS) is 15.8. The molecule has 2 aliphatic rings. The van der Waals surface area contributed by atoms with Gasteiger partial charge in [0, 0.05) is 25.9 Å². The molecule has 0 atom stereocenters. The molecule has 0 radical (unpaired) electrons. The Bertz CT molecular complexity index is 427. The van der Waals surface area contributed by atoms with E-state index in [0.29, 0.717) is 12.2 Å². The molecule has 0 aliphatic carbocycles. The molecule has 0 saturated heterocycles. The molecule has 29 heavy (non-hydrogen) atoms. The van der Waals surface area contributed by atoms with Crippen molar-refractivity contribution in [2.24, 2.45) is 9.98 Å². The quantitative estimate of drug-likeness (QED) is 0.354. The van der Waals surface area contributed by atoms with Crippen LogP contribution in [0.4, 0.5) is 0 Å². The summed E-state index contributed by atoms with van der Waals surface area (Å²) in [5, 5.41) is 0. The highest BCUT2D eigenvalue weighted by molar-refractivity contribution is 5.67. The van der Waals surface area contributed by atoms with Gasteiger partial charge in [-0.1, -0.05) is 71.6 Å². The average Bonchev–Trinajstić information content (AvgIpc) is 2.77. The summed E-state index contributed by atoms with van der Waals surface area (Å²) in [6.45, 7) is 9.19. The first-order valence-corrected chi connectivity index (χ1v) is 12.0. The van der Waals surface area contributed by atoms with Crippen LogP contribution in [0, 0.1) is 0 Å². The number of ether oxygens (including phenoxy) is 4. The lowest BCUT2D eigenvalue weighted by atomic mass is 10.1. The molecule has 170 valence electrons. The number of hydrogen-bond acceptors (Lipinski definition) is 6. The Labute approximate surface area is 178 Å². The number of aliphatic imine (C=N–C) groups is 2. The number of rotatable bonds is 13. The Morgan fingerprint density at radius 3 is 1.41 bits per heavy atom. The van der Waals surface area contributed by atoms with Gasteiger partial charge >= 0.3 is 12.2 Å². The Kier molecular flexibility index (Phi) is 17.5. The van der Waals surface area contributed by atoms with E-state index in [1.54, 1.807) is 0 Å². The van der Waals surface area contributed by atoms with Crippen LogP contribution in [0.25, 0.3) is 0 Å². The smallest absolute Gasteiger partial charge is 0.383 e. The van der Waals surface area contributed by atoms with E-state index in [1.807, 2.05) is 0 Å². The SMILES string of the molecule is CCCCCCCCOC1=NCCCO1.CCCCCCCOC1=NCCCO1. The summed E-state index contributed by atoms with van der Waals surface area (Å²) in [7, 11) is 0. The minimum Gasteiger partial charge on any atom is -0.451 e. The summed E-state index contributed by atoms with van der Waals surface area (Å²) in [6, 6.07) is 0. The summed E-state index contributed by atoms with van der Waals surface area (Å²) in [5.74, 6) is 0. The van der Waals surface area contributed by atoms with Gasteiger partial charge in [0.05, 0.1) is 26.4 Å². The van der Waals surface area contributed by atoms with Gasteiger partial charge in [-0.2, -0.15) is 0 Å². The van der Waals surface area contributed by atoms with E-state index in [-0.39, 0.29) is 0 Å². The first-order valence-electron chi connectivity index (χ1n) is 12.0. The third-order valence-electron chi connectivity index (χ3n) is 4.73. The van der Waals surface area contributed by atoms with Crippen LogP contribution in [-0.4, -0.2) is 51.7 Å². The fourth-order valence-electron chi connectivity index (χ4n) is 2.96. The minimum absolute atomic E-state index is 0.506. The van der Waals surface area contributed by atoms with Crippen molar-refractivity contribution in [1.82, 2.24) is 0 Å². The van der Waals surface area contributed by atoms with Crippen LogP contribution in [0.3, 0.4) is 0 Å². The van der Waals surface area contributed by atoms with E-state index in [0.717, 1.165) is 65.2 Å². The number of hydrogen-bond donors (Lipinski definition) is 0. The van der Waals surface area contributed by atoms with E-state index >= 15 is 0 Å². The molecule has 0 fully saturated rings. The van der Waals surface area contributed by atoms with Gasteiger partial charge in [0.25, 0.3) is 0 Å². The topological polar surface area (TPSA) is 61.6 Å². The van der Waals surface area contributed by atoms with Crippen molar-refractivity contribution < 1.29 is 18.9 Å². The predicted molar refractivity (Wildman–Crippen MR) is 120 cm³/mol. The van der Waals surface area contributed by atoms with Crippen molar-refractivity contribution in [2.75, 3.05) is 39.5 Å². The van der Waals surface area contributed by atoms with Crippen LogP contribution in [0.15, 0.2) is 9.98 Å². The zero-order valence-electron chi connectivity index (χ0n) is 19.0. The third-order valence-corrected chi connectivity index (χ3v) is 4.73. The molecule has 6 heteroatoms. The zero-order valence-corrected chi connectivity index (χ0v) is 19.0. The van der Waals surface area contributed by atoms with E-state index in [9.17, 15) is 0 Å². The summed E-state index contributed by atoms with van der Waals surface area (Å²) in [6.07, 6.45) is 17.1. The molecule has 0 spiro atoms. The second kappa shape index (κ2) is 19.8. The highest BCUT2D eigenvalue weighted by Crippen LogP contribution is 2.06. The molecule has 0 amide bonds. The molecule has 0 aromatic rings. The lowest BCUT2D eigenvalue weighted by Gasteiger charge is -2.13. The van der Waals surface area contributed by atoms with Crippen molar-refractivity contribution >= 4 is 12.2 Å². The highest BCUT2D eigenvalue weighted by Gasteiger charge is 2.06. The van der Waals surface area contributed by atoms with Gasteiger partial charge in [-0.3, -0.25) is 0 Å². The van der Waals surface area contributed by atoms with Crippen molar-refractivity contribution in [2.45, 2.75) is 97.3 Å². The second-order valence-electron chi connectivity index (χ2n) is 7.58. The van der Waals surface area contributed by atoms with Crippen LogP contribution in [0.2, 0.25) is 0 Å². The van der Waals surface area contributed by atoms with Crippen LogP contribution in [0.5, 0.6) is 0 Å². The molecule has 0 N–H and O–H groups in total. The zero-order chi connectivity index (χ0) is 20.8. The lowest BCUT2D eigenvalue weighted by Crippen LogP contribution is -2.17. The lowest BCUT2D eigenvalue weighted by molar-refractivity contribution is 0.148. The molecular weight excluding hydrogens is 368 g/mol. The van der Waals surface area contributed by atoms with Crippen molar-refractivity contribution in [3.8, 4) is 0 Å². The fourth-order valence-corrected chi connectivity index (χ4v) is 2.96. The second-order valence-corrected chi connectivity index (χ2v) is 7.58. The molecule has 0 unspecified atom stereocenters. The van der Waals surface area contributed by atoms with Gasteiger partial charge in [-0.05, 0) is 12.8 Å². The summed E-state index contributed by atoms with van der Waals surface area (Å²) >= 11 is 0. The maximum atomic E-state index is 5.42. The molecule has 2 heterocycles. The molecule has 2 aliphatic heterocycles. The first kappa shape index (κ1) is 25.6. The third kappa shape index (κ3) is 16.1. The minimum atomic E-state index is 0.506. The van der Waals surface area contributed by atoms with E-state index < -0.39 is 0 Å². The van der Waals surface area contributed by atoms with Crippen LogP contribution in [-0.2, 0) is 18.9 Å². The molecule has 0 aromatic carbocycles. The maximum Gasteiger partial charge on any atom is 0.383 e. The molecular formula is C23H44N2O4. The van der Waals surface area contributed by atoms with Gasteiger partial charge < -0.3 is 18.9 Å². The summed E-state index contributed by atoms with van der Waals surface area (Å²) in [4.78, 5) is 8.28. The van der Waals surface area contributed by atoms with Gasteiger partial charge in [-0.15, -0.1) is 0 Å². The Morgan fingerprint density at radius 1 is 0.621 bits per heavy atom. The van der Waals surface area contributed by atoms with E-state index in [2.05, 4.69) is 23.8 Å². The molecule has 6 nitrogen and oxygen atoms in total. The highest BCUT2D eigenvalue weighted by atomic mass is 16.7. The van der Waals surface area contributed by atoms with Crippen molar-refractivity contribution in [3.63, 3.8) is 0 Å². The van der Waals surface area contributed by atoms with Gasteiger partial charge in [-0.25, -0.2) is 9.98 Å². The Balaban J connectivity index is 0.000000291. The molecule has 2 rings (SSSR count). The Morgan fingerprint density at radius 2 is 1.03 bits per heavy atom. The van der Waals surface area contributed by atoms with Crippen LogP contribution >= 0.6 is 0 Å². The van der Waals surface area contributed by atoms with Crippen LogP contribution in [0.1, 0.15) is 97.3 Å². The largest absolute Gasteiger partial charge is 0.451 e. The van der Waals surface area contributed by atoms with Gasteiger partial charge in [0.15, 0.2) is 0 Å². The van der Waals surface area contributed by atoms with Crippen molar-refractivity contribution in [3.05, 3.63) is 0 Å². The van der Waals surface area contributed by atoms with Crippen molar-refractivity contribution in [1.29, 1.82) is 0 Å². The standard InChI is InChI=1S/C12H23NO2.C11H21NO2/c1-2-3-4-5-6-7-10-14-12-13-9-8-11-15-12;1-2-3-4-5-6-9-13-11-12-8-7-10-14-11/h2-11H2,1H3;2-10H2,1H3. The fraction of sp³-hybridized carbons (Fsp3) is 0.913. The number of unbranched alkanes of at least 4 members (excludes halogenated alkanes) is 9. The van der Waals surface area contributed by atoms with E-state index in [4.69, 9.17) is 18.9 Å².